The number of aliphatic hydroxyl groups is 3. The molecule has 4 aliphatic carbocycles. The molecule has 0 aromatic heterocycles. The van der Waals surface area contributed by atoms with E-state index in [-0.39, 0.29) is 34.7 Å². The molecule has 4 saturated carbocycles. The summed E-state index contributed by atoms with van der Waals surface area (Å²) >= 11 is 0. The molecule has 0 saturated heterocycles. The van der Waals surface area contributed by atoms with Gasteiger partial charge in [-0.3, -0.25) is 4.79 Å². The number of Topliss-reactive ketones (excluding diaryl/α,β-unsaturated/α-hetero) is 1. The fourth-order valence-corrected chi connectivity index (χ4v) is 7.01. The predicted molar refractivity (Wildman–Crippen MR) is 85.5 cm³/mol. The summed E-state index contributed by atoms with van der Waals surface area (Å²) in [6.45, 7) is 4.34. The summed E-state index contributed by atoms with van der Waals surface area (Å²) in [7, 11) is 0. The van der Waals surface area contributed by atoms with Gasteiger partial charge in [-0.15, -0.1) is 0 Å². The molecule has 0 spiro atoms. The van der Waals surface area contributed by atoms with Crippen molar-refractivity contribution in [3.63, 3.8) is 0 Å². The van der Waals surface area contributed by atoms with Crippen LogP contribution in [0.25, 0.3) is 0 Å². The Morgan fingerprint density at radius 3 is 2.39 bits per heavy atom. The van der Waals surface area contributed by atoms with E-state index in [1.54, 1.807) is 0 Å². The highest BCUT2D eigenvalue weighted by molar-refractivity contribution is 5.87. The molecule has 23 heavy (non-hydrogen) atoms. The van der Waals surface area contributed by atoms with E-state index >= 15 is 0 Å². The van der Waals surface area contributed by atoms with Crippen LogP contribution >= 0.6 is 0 Å². The van der Waals surface area contributed by atoms with Crippen molar-refractivity contribution < 1.29 is 20.1 Å². The van der Waals surface area contributed by atoms with Gasteiger partial charge in [-0.25, -0.2) is 0 Å². The van der Waals surface area contributed by atoms with Gasteiger partial charge in [-0.1, -0.05) is 13.8 Å². The number of carbonyl (C=O) groups excluding carboxylic acids is 1. The van der Waals surface area contributed by atoms with Gasteiger partial charge in [0.05, 0.1) is 18.3 Å². The smallest absolute Gasteiger partial charge is 0.139 e. The maximum Gasteiger partial charge on any atom is 0.139 e. The minimum absolute atomic E-state index is 0.0183. The van der Waals surface area contributed by atoms with E-state index in [0.29, 0.717) is 24.5 Å². The van der Waals surface area contributed by atoms with Crippen molar-refractivity contribution in [2.75, 3.05) is 0 Å². The first-order chi connectivity index (χ1) is 10.8. The number of aliphatic hydroxyl groups excluding tert-OH is 3. The second kappa shape index (κ2) is 5.03. The Morgan fingerprint density at radius 2 is 1.65 bits per heavy atom. The molecule has 1 unspecified atom stereocenters. The SMILES string of the molecule is C[C@]12CC[C@H](O)C[C@@H]1[C@@H](O)[C@H](O)C1[C@@H]2CC[C@]2(C)C(=O)CC[C@@H]12. The van der Waals surface area contributed by atoms with E-state index in [4.69, 9.17) is 0 Å². The average molecular weight is 322 g/mol. The lowest BCUT2D eigenvalue weighted by Crippen LogP contribution is -2.64. The summed E-state index contributed by atoms with van der Waals surface area (Å²) in [5.41, 5.74) is -0.311. The van der Waals surface area contributed by atoms with Crippen LogP contribution in [0, 0.1) is 34.5 Å². The van der Waals surface area contributed by atoms with Gasteiger partial charge in [0.25, 0.3) is 0 Å². The average Bonchev–Trinajstić information content (AvgIpc) is 2.82. The van der Waals surface area contributed by atoms with Crippen LogP contribution in [0.15, 0.2) is 0 Å². The van der Waals surface area contributed by atoms with Crippen LogP contribution in [-0.4, -0.2) is 39.4 Å². The molecule has 0 bridgehead atoms. The van der Waals surface area contributed by atoms with Crippen molar-refractivity contribution in [3.8, 4) is 0 Å². The second-order valence-electron chi connectivity index (χ2n) is 9.23. The number of hydrogen-bond donors (Lipinski definition) is 3. The number of rotatable bonds is 0. The fourth-order valence-electron chi connectivity index (χ4n) is 7.01. The fraction of sp³-hybridized carbons (Fsp3) is 0.947. The highest BCUT2D eigenvalue weighted by atomic mass is 16.3. The Labute approximate surface area is 138 Å². The van der Waals surface area contributed by atoms with Crippen LogP contribution in [0.4, 0.5) is 0 Å². The Hall–Kier alpha value is -0.450. The lowest BCUT2D eigenvalue weighted by atomic mass is 9.44. The largest absolute Gasteiger partial charge is 0.393 e. The van der Waals surface area contributed by atoms with E-state index in [1.165, 1.54) is 0 Å². The third kappa shape index (κ3) is 1.98. The summed E-state index contributed by atoms with van der Waals surface area (Å²) < 4.78 is 0. The molecule has 0 heterocycles. The number of carbonyl (C=O) groups is 1. The zero-order valence-electron chi connectivity index (χ0n) is 14.2. The summed E-state index contributed by atoms with van der Waals surface area (Å²) in [4.78, 5) is 12.4. The second-order valence-corrected chi connectivity index (χ2v) is 9.23. The lowest BCUT2D eigenvalue weighted by Gasteiger charge is -2.62. The number of hydrogen-bond acceptors (Lipinski definition) is 4. The Kier molecular flexibility index (Phi) is 3.51. The molecule has 4 rings (SSSR count). The predicted octanol–water partition coefficient (Wildman–Crippen LogP) is 1.90. The van der Waals surface area contributed by atoms with Gasteiger partial charge in [-0.2, -0.15) is 0 Å². The minimum Gasteiger partial charge on any atom is -0.393 e. The van der Waals surface area contributed by atoms with Gasteiger partial charge < -0.3 is 15.3 Å². The van der Waals surface area contributed by atoms with Crippen LogP contribution < -0.4 is 0 Å². The summed E-state index contributed by atoms with van der Waals surface area (Å²) in [6, 6.07) is 0. The molecule has 130 valence electrons. The van der Waals surface area contributed by atoms with Gasteiger partial charge in [0, 0.05) is 11.8 Å². The van der Waals surface area contributed by atoms with E-state index < -0.39 is 12.2 Å². The van der Waals surface area contributed by atoms with Crippen molar-refractivity contribution in [3.05, 3.63) is 0 Å². The van der Waals surface area contributed by atoms with E-state index in [2.05, 4.69) is 13.8 Å². The van der Waals surface area contributed by atoms with Crippen molar-refractivity contribution in [1.29, 1.82) is 0 Å². The van der Waals surface area contributed by atoms with Crippen LogP contribution in [0.2, 0.25) is 0 Å². The zero-order valence-corrected chi connectivity index (χ0v) is 14.2. The normalized spacial score (nSPS) is 59.2. The Balaban J connectivity index is 1.73. The van der Waals surface area contributed by atoms with E-state index in [9.17, 15) is 20.1 Å². The molecule has 0 aromatic rings. The van der Waals surface area contributed by atoms with Gasteiger partial charge in [0.2, 0.25) is 0 Å². The Bertz CT molecular complexity index is 519. The van der Waals surface area contributed by atoms with Crippen LogP contribution in [0.1, 0.15) is 58.8 Å². The molecule has 4 nitrogen and oxygen atoms in total. The van der Waals surface area contributed by atoms with Gasteiger partial charge in [0.15, 0.2) is 0 Å². The molecule has 9 atom stereocenters. The molecule has 4 fully saturated rings. The maximum absolute atomic E-state index is 12.4. The van der Waals surface area contributed by atoms with Crippen molar-refractivity contribution in [2.45, 2.75) is 77.1 Å². The molecular weight excluding hydrogens is 292 g/mol. The topological polar surface area (TPSA) is 77.8 Å². The van der Waals surface area contributed by atoms with Gasteiger partial charge >= 0.3 is 0 Å². The molecule has 4 aliphatic rings. The van der Waals surface area contributed by atoms with Crippen molar-refractivity contribution in [2.24, 2.45) is 34.5 Å². The van der Waals surface area contributed by atoms with E-state index in [0.717, 1.165) is 32.1 Å². The third-order valence-electron chi connectivity index (χ3n) is 8.43. The summed E-state index contributed by atoms with van der Waals surface area (Å²) in [5.74, 6) is 0.940. The molecule has 0 amide bonds. The first-order valence-electron chi connectivity index (χ1n) is 9.36. The third-order valence-corrected chi connectivity index (χ3v) is 8.43. The highest BCUT2D eigenvalue weighted by Gasteiger charge is 2.64. The van der Waals surface area contributed by atoms with Gasteiger partial charge in [-0.05, 0) is 67.6 Å². The number of ketones is 1. The summed E-state index contributed by atoms with van der Waals surface area (Å²) in [6.07, 6.45) is 3.82. The van der Waals surface area contributed by atoms with Crippen LogP contribution in [-0.2, 0) is 4.79 Å². The van der Waals surface area contributed by atoms with Crippen molar-refractivity contribution in [1.82, 2.24) is 0 Å². The molecule has 0 radical (unpaired) electrons. The maximum atomic E-state index is 12.4. The van der Waals surface area contributed by atoms with Crippen molar-refractivity contribution >= 4 is 5.78 Å². The Morgan fingerprint density at radius 1 is 0.913 bits per heavy atom. The van der Waals surface area contributed by atoms with Gasteiger partial charge in [0.1, 0.15) is 5.78 Å². The highest BCUT2D eigenvalue weighted by Crippen LogP contribution is 2.65. The van der Waals surface area contributed by atoms with E-state index in [1.807, 2.05) is 0 Å². The molecule has 4 heteroatoms. The zero-order chi connectivity index (χ0) is 16.6. The minimum atomic E-state index is -0.769. The standard InChI is InChI=1S/C19H30O4/c1-18-7-5-10(20)9-13(18)16(22)17(23)15-11-3-4-14(21)19(11,2)8-6-12(15)18/h10-13,15-17,20,22-23H,3-9H2,1-2H3/t10-,11-,12-,13+,15?,16+,17+,18+,19-/m0/s1. The molecule has 3 N–H and O–H groups in total. The quantitative estimate of drug-likeness (QED) is 0.636. The summed E-state index contributed by atoms with van der Waals surface area (Å²) in [5, 5.41) is 31.8. The first-order valence-corrected chi connectivity index (χ1v) is 9.36. The molecular formula is C19H30O4. The van der Waals surface area contributed by atoms with Crippen LogP contribution in [0.5, 0.6) is 0 Å². The molecule has 0 aromatic carbocycles. The monoisotopic (exact) mass is 322 g/mol. The number of fused-ring (bicyclic) bond motifs is 5. The molecule has 0 aliphatic heterocycles. The lowest BCUT2D eigenvalue weighted by molar-refractivity contribution is -0.219. The first kappa shape index (κ1) is 16.0. The van der Waals surface area contributed by atoms with Crippen LogP contribution in [0.3, 0.4) is 0 Å².